The largest absolute Gasteiger partial charge is 0.466 e. The van der Waals surface area contributed by atoms with Gasteiger partial charge in [-0.05, 0) is 25.3 Å². The van der Waals surface area contributed by atoms with Gasteiger partial charge in [0, 0.05) is 4.91 Å². The molecule has 1 aliphatic carbocycles. The highest BCUT2D eigenvalue weighted by atomic mass is 16.5. The molecule has 0 saturated heterocycles. The molecule has 72 valence electrons. The number of nitrogens with zero attached hydrogens (tertiary/aromatic N) is 3. The lowest BCUT2D eigenvalue weighted by molar-refractivity contribution is -0.148. The SMILES string of the molecule is CCOC(=O)[C@@H]1CCC[C@@H]1N=[N+]=[N-]. The first-order valence-corrected chi connectivity index (χ1v) is 4.50. The summed E-state index contributed by atoms with van der Waals surface area (Å²) in [6.45, 7) is 2.16. The zero-order chi connectivity index (χ0) is 9.68. The maximum atomic E-state index is 11.3. The smallest absolute Gasteiger partial charge is 0.309 e. The maximum Gasteiger partial charge on any atom is 0.309 e. The fourth-order valence-electron chi connectivity index (χ4n) is 1.67. The van der Waals surface area contributed by atoms with Crippen molar-refractivity contribution in [1.29, 1.82) is 0 Å². The van der Waals surface area contributed by atoms with Crippen LogP contribution in [0.1, 0.15) is 26.2 Å². The second-order valence-corrected chi connectivity index (χ2v) is 3.06. The predicted molar refractivity (Wildman–Crippen MR) is 46.9 cm³/mol. The van der Waals surface area contributed by atoms with Crippen LogP contribution in [0.25, 0.3) is 10.4 Å². The van der Waals surface area contributed by atoms with E-state index in [4.69, 9.17) is 10.3 Å². The molecule has 0 aromatic heterocycles. The van der Waals surface area contributed by atoms with E-state index in [9.17, 15) is 4.79 Å². The summed E-state index contributed by atoms with van der Waals surface area (Å²) >= 11 is 0. The molecular formula is C8H13N3O2. The Balaban J connectivity index is 2.57. The molecule has 2 atom stereocenters. The van der Waals surface area contributed by atoms with Crippen LogP contribution in [0.15, 0.2) is 5.11 Å². The summed E-state index contributed by atoms with van der Waals surface area (Å²) in [5.74, 6) is -0.437. The molecule has 5 heteroatoms. The summed E-state index contributed by atoms with van der Waals surface area (Å²) in [5, 5.41) is 3.59. The lowest BCUT2D eigenvalue weighted by atomic mass is 10.1. The molecule has 0 aromatic carbocycles. The normalized spacial score (nSPS) is 26.5. The molecule has 0 aromatic rings. The van der Waals surface area contributed by atoms with E-state index in [1.165, 1.54) is 0 Å². The standard InChI is InChI=1S/C8H13N3O2/c1-2-13-8(12)6-4-3-5-7(6)10-11-9/h6-7H,2-5H2,1H3/t6-,7+/m1/s1. The van der Waals surface area contributed by atoms with Crippen LogP contribution in [0.5, 0.6) is 0 Å². The molecular weight excluding hydrogens is 170 g/mol. The predicted octanol–water partition coefficient (Wildman–Crippen LogP) is 2.03. The summed E-state index contributed by atoms with van der Waals surface area (Å²) in [4.78, 5) is 14.1. The van der Waals surface area contributed by atoms with Crippen molar-refractivity contribution in [3.63, 3.8) is 0 Å². The van der Waals surface area contributed by atoms with Crippen molar-refractivity contribution in [3.8, 4) is 0 Å². The van der Waals surface area contributed by atoms with Crippen molar-refractivity contribution in [3.05, 3.63) is 10.4 Å². The van der Waals surface area contributed by atoms with Gasteiger partial charge in [0.2, 0.25) is 0 Å². The van der Waals surface area contributed by atoms with Crippen LogP contribution in [0, 0.1) is 5.92 Å². The van der Waals surface area contributed by atoms with E-state index in [0.717, 1.165) is 19.3 Å². The first kappa shape index (κ1) is 9.86. The zero-order valence-corrected chi connectivity index (χ0v) is 7.64. The van der Waals surface area contributed by atoms with Crippen molar-refractivity contribution in [2.45, 2.75) is 32.2 Å². The van der Waals surface area contributed by atoms with Gasteiger partial charge in [-0.15, -0.1) is 0 Å². The molecule has 0 heterocycles. The Kier molecular flexibility index (Phi) is 3.58. The zero-order valence-electron chi connectivity index (χ0n) is 7.64. The number of hydrogen-bond acceptors (Lipinski definition) is 3. The molecule has 0 unspecified atom stereocenters. The summed E-state index contributed by atoms with van der Waals surface area (Å²) in [5.41, 5.74) is 8.26. The van der Waals surface area contributed by atoms with E-state index >= 15 is 0 Å². The Morgan fingerprint density at radius 2 is 2.46 bits per heavy atom. The molecule has 5 nitrogen and oxygen atoms in total. The minimum absolute atomic E-state index is 0.191. The average Bonchev–Trinajstić information content (AvgIpc) is 2.54. The second-order valence-electron chi connectivity index (χ2n) is 3.06. The van der Waals surface area contributed by atoms with E-state index < -0.39 is 0 Å². The van der Waals surface area contributed by atoms with E-state index in [1.807, 2.05) is 0 Å². The number of hydrogen-bond donors (Lipinski definition) is 0. The number of carbonyl (C=O) groups excluding carboxylic acids is 1. The van der Waals surface area contributed by atoms with E-state index in [-0.39, 0.29) is 17.9 Å². The van der Waals surface area contributed by atoms with Crippen molar-refractivity contribution < 1.29 is 9.53 Å². The monoisotopic (exact) mass is 183 g/mol. The molecule has 0 amide bonds. The fourth-order valence-corrected chi connectivity index (χ4v) is 1.67. The molecule has 0 radical (unpaired) electrons. The van der Waals surface area contributed by atoms with Gasteiger partial charge < -0.3 is 4.74 Å². The van der Waals surface area contributed by atoms with Crippen molar-refractivity contribution in [1.82, 2.24) is 0 Å². The molecule has 1 aliphatic rings. The first-order valence-electron chi connectivity index (χ1n) is 4.50. The number of ether oxygens (including phenoxy) is 1. The highest BCUT2D eigenvalue weighted by molar-refractivity contribution is 5.73. The average molecular weight is 183 g/mol. The molecule has 1 rings (SSSR count). The molecule has 0 N–H and O–H groups in total. The van der Waals surface area contributed by atoms with Crippen LogP contribution in [0.2, 0.25) is 0 Å². The Morgan fingerprint density at radius 3 is 3.08 bits per heavy atom. The van der Waals surface area contributed by atoms with E-state index in [0.29, 0.717) is 6.61 Å². The molecule has 0 aliphatic heterocycles. The first-order chi connectivity index (χ1) is 6.29. The molecule has 0 spiro atoms. The molecule has 1 saturated carbocycles. The topological polar surface area (TPSA) is 75.1 Å². The third-order valence-electron chi connectivity index (χ3n) is 2.27. The van der Waals surface area contributed by atoms with E-state index in [2.05, 4.69) is 10.0 Å². The van der Waals surface area contributed by atoms with Crippen LogP contribution >= 0.6 is 0 Å². The summed E-state index contributed by atoms with van der Waals surface area (Å²) < 4.78 is 4.88. The van der Waals surface area contributed by atoms with Gasteiger partial charge in [0.15, 0.2) is 0 Å². The number of carbonyl (C=O) groups is 1. The minimum atomic E-state index is -0.225. The number of esters is 1. The van der Waals surface area contributed by atoms with Gasteiger partial charge in [-0.3, -0.25) is 4.79 Å². The van der Waals surface area contributed by atoms with Gasteiger partial charge >= 0.3 is 5.97 Å². The number of rotatable bonds is 3. The minimum Gasteiger partial charge on any atom is -0.466 e. The van der Waals surface area contributed by atoms with Crippen LogP contribution in [-0.4, -0.2) is 18.6 Å². The lowest BCUT2D eigenvalue weighted by Crippen LogP contribution is -2.23. The molecule has 13 heavy (non-hydrogen) atoms. The van der Waals surface area contributed by atoms with Gasteiger partial charge in [0.05, 0.1) is 18.6 Å². The Bertz CT molecular complexity index is 236. The lowest BCUT2D eigenvalue weighted by Gasteiger charge is -2.12. The van der Waals surface area contributed by atoms with Crippen molar-refractivity contribution in [2.24, 2.45) is 11.0 Å². The molecule has 1 fully saturated rings. The Morgan fingerprint density at radius 1 is 1.69 bits per heavy atom. The van der Waals surface area contributed by atoms with Crippen LogP contribution in [-0.2, 0) is 9.53 Å². The van der Waals surface area contributed by atoms with Crippen LogP contribution < -0.4 is 0 Å². The summed E-state index contributed by atoms with van der Waals surface area (Å²) in [6.07, 6.45) is 2.52. The van der Waals surface area contributed by atoms with Gasteiger partial charge in [-0.25, -0.2) is 0 Å². The summed E-state index contributed by atoms with van der Waals surface area (Å²) in [7, 11) is 0. The highest BCUT2D eigenvalue weighted by Crippen LogP contribution is 2.29. The van der Waals surface area contributed by atoms with Crippen molar-refractivity contribution >= 4 is 5.97 Å². The summed E-state index contributed by atoms with van der Waals surface area (Å²) in [6, 6.07) is -0.191. The van der Waals surface area contributed by atoms with Gasteiger partial charge in [-0.2, -0.15) is 0 Å². The number of azide groups is 1. The Labute approximate surface area is 76.7 Å². The molecule has 0 bridgehead atoms. The highest BCUT2D eigenvalue weighted by Gasteiger charge is 2.33. The Hall–Kier alpha value is -1.22. The third-order valence-corrected chi connectivity index (χ3v) is 2.27. The quantitative estimate of drug-likeness (QED) is 0.290. The van der Waals surface area contributed by atoms with Gasteiger partial charge in [0.25, 0.3) is 0 Å². The van der Waals surface area contributed by atoms with Crippen molar-refractivity contribution in [2.75, 3.05) is 6.61 Å². The maximum absolute atomic E-state index is 11.3. The van der Waals surface area contributed by atoms with Gasteiger partial charge in [-0.1, -0.05) is 11.5 Å². The van der Waals surface area contributed by atoms with E-state index in [1.54, 1.807) is 6.92 Å². The van der Waals surface area contributed by atoms with Crippen LogP contribution in [0.4, 0.5) is 0 Å². The van der Waals surface area contributed by atoms with Gasteiger partial charge in [0.1, 0.15) is 0 Å². The fraction of sp³-hybridized carbons (Fsp3) is 0.875. The van der Waals surface area contributed by atoms with Crippen LogP contribution in [0.3, 0.4) is 0 Å². The second kappa shape index (κ2) is 4.72. The third kappa shape index (κ3) is 2.36.